The Labute approximate surface area is 171 Å². The van der Waals surface area contributed by atoms with E-state index in [9.17, 15) is 14.0 Å². The quantitative estimate of drug-likeness (QED) is 0.499. The second-order valence-corrected chi connectivity index (χ2v) is 7.74. The third kappa shape index (κ3) is 4.54. The van der Waals surface area contributed by atoms with Crippen molar-refractivity contribution in [3.05, 3.63) is 81.9 Å². The molecule has 0 radical (unpaired) electrons. The molecule has 148 valence electrons. The largest absolute Gasteiger partial charge is 0.349 e. The molecule has 1 amide bonds. The first-order valence-corrected chi connectivity index (χ1v) is 10.3. The fourth-order valence-electron chi connectivity index (χ4n) is 3.44. The predicted molar refractivity (Wildman–Crippen MR) is 110 cm³/mol. The normalized spacial score (nSPS) is 12.6. The topological polar surface area (TPSA) is 76.9 Å². The van der Waals surface area contributed by atoms with Gasteiger partial charge in [-0.2, -0.15) is 4.98 Å². The average molecular weight is 410 g/mol. The van der Waals surface area contributed by atoms with Gasteiger partial charge in [0.25, 0.3) is 0 Å². The summed E-state index contributed by atoms with van der Waals surface area (Å²) in [4.78, 5) is 33.2. The molecule has 29 heavy (non-hydrogen) atoms. The summed E-state index contributed by atoms with van der Waals surface area (Å²) in [5.41, 5.74) is 3.06. The number of amides is 1. The number of hydrogen-bond donors (Lipinski definition) is 1. The number of anilines is 1. The number of fused-ring (bicyclic) bond motifs is 1. The highest BCUT2D eigenvalue weighted by atomic mass is 32.2. The van der Waals surface area contributed by atoms with Crippen molar-refractivity contribution in [2.24, 2.45) is 0 Å². The minimum atomic E-state index is -0.410. The summed E-state index contributed by atoms with van der Waals surface area (Å²) in [5, 5.41) is 3.27. The van der Waals surface area contributed by atoms with Crippen LogP contribution in [0.25, 0.3) is 0 Å². The Hall–Kier alpha value is -3.00. The van der Waals surface area contributed by atoms with Crippen molar-refractivity contribution < 1.29 is 9.18 Å². The molecule has 0 saturated heterocycles. The molecule has 2 heterocycles. The van der Waals surface area contributed by atoms with E-state index < -0.39 is 5.82 Å². The summed E-state index contributed by atoms with van der Waals surface area (Å²) < 4.78 is 15.0. The first-order chi connectivity index (χ1) is 14.1. The van der Waals surface area contributed by atoms with Gasteiger partial charge in [-0.25, -0.2) is 9.18 Å². The standard InChI is InChI=1S/C21H19FN4O2S/c22-15-5-1-6-16(10-15)24-19(27)13-29-20-17-7-2-8-18(17)26(21(28)25-20)12-14-4-3-9-23-11-14/h1,3-6,9-11H,2,7-8,12-13H2,(H,24,27). The van der Waals surface area contributed by atoms with Crippen LogP contribution in [-0.2, 0) is 24.2 Å². The number of halogens is 1. The molecule has 4 rings (SSSR count). The maximum absolute atomic E-state index is 13.2. The molecule has 1 aromatic carbocycles. The first kappa shape index (κ1) is 19.3. The summed E-state index contributed by atoms with van der Waals surface area (Å²) in [7, 11) is 0. The third-order valence-electron chi connectivity index (χ3n) is 4.71. The van der Waals surface area contributed by atoms with Crippen LogP contribution in [0.3, 0.4) is 0 Å². The monoisotopic (exact) mass is 410 g/mol. The van der Waals surface area contributed by atoms with Crippen LogP contribution in [-0.4, -0.2) is 26.2 Å². The summed E-state index contributed by atoms with van der Waals surface area (Å²) >= 11 is 1.24. The lowest BCUT2D eigenvalue weighted by molar-refractivity contribution is -0.113. The Morgan fingerprint density at radius 2 is 2.14 bits per heavy atom. The van der Waals surface area contributed by atoms with Gasteiger partial charge in [-0.3, -0.25) is 14.3 Å². The van der Waals surface area contributed by atoms with Crippen LogP contribution >= 0.6 is 11.8 Å². The van der Waals surface area contributed by atoms with E-state index in [0.717, 1.165) is 36.1 Å². The highest BCUT2D eigenvalue weighted by Crippen LogP contribution is 2.29. The van der Waals surface area contributed by atoms with Crippen molar-refractivity contribution in [2.75, 3.05) is 11.1 Å². The fraction of sp³-hybridized carbons (Fsp3) is 0.238. The van der Waals surface area contributed by atoms with E-state index in [1.54, 1.807) is 23.0 Å². The van der Waals surface area contributed by atoms with Crippen LogP contribution < -0.4 is 11.0 Å². The van der Waals surface area contributed by atoms with Gasteiger partial charge >= 0.3 is 5.69 Å². The average Bonchev–Trinajstić information content (AvgIpc) is 3.19. The predicted octanol–water partition coefficient (Wildman–Crippen LogP) is 3.05. The molecular weight excluding hydrogens is 391 g/mol. The summed E-state index contributed by atoms with van der Waals surface area (Å²) in [6.07, 6.45) is 6.05. The number of thioether (sulfide) groups is 1. The SMILES string of the molecule is O=C(CSc1nc(=O)n(Cc2cccnc2)c2c1CCC2)Nc1cccc(F)c1. The molecular formula is C21H19FN4O2S. The molecule has 0 bridgehead atoms. The van der Waals surface area contributed by atoms with Crippen molar-refractivity contribution in [1.29, 1.82) is 0 Å². The zero-order chi connectivity index (χ0) is 20.2. The second kappa shape index (κ2) is 8.57. The number of aromatic nitrogens is 3. The van der Waals surface area contributed by atoms with Crippen molar-refractivity contribution in [2.45, 2.75) is 30.8 Å². The van der Waals surface area contributed by atoms with Gasteiger partial charge in [0, 0.05) is 29.3 Å². The fourth-order valence-corrected chi connectivity index (χ4v) is 4.32. The van der Waals surface area contributed by atoms with Gasteiger partial charge in [-0.05, 0) is 49.1 Å². The Morgan fingerprint density at radius 3 is 2.93 bits per heavy atom. The number of carbonyl (C=O) groups excluding carboxylic acids is 1. The van der Waals surface area contributed by atoms with Gasteiger partial charge in [0.05, 0.1) is 12.3 Å². The molecule has 1 N–H and O–H groups in total. The smallest absolute Gasteiger partial charge is 0.325 e. The molecule has 8 heteroatoms. The molecule has 0 unspecified atom stereocenters. The lowest BCUT2D eigenvalue weighted by atomic mass is 10.2. The van der Waals surface area contributed by atoms with Gasteiger partial charge in [0.15, 0.2) is 0 Å². The molecule has 0 aliphatic heterocycles. The zero-order valence-corrected chi connectivity index (χ0v) is 16.4. The molecule has 3 aromatic rings. The summed E-state index contributed by atoms with van der Waals surface area (Å²) in [6.45, 7) is 0.438. The van der Waals surface area contributed by atoms with E-state index in [1.807, 2.05) is 12.1 Å². The highest BCUT2D eigenvalue weighted by Gasteiger charge is 2.22. The Kier molecular flexibility index (Phi) is 5.71. The van der Waals surface area contributed by atoms with Crippen LogP contribution in [0.1, 0.15) is 23.2 Å². The van der Waals surface area contributed by atoms with Crippen LogP contribution in [0.5, 0.6) is 0 Å². The molecule has 0 spiro atoms. The molecule has 1 aliphatic carbocycles. The van der Waals surface area contributed by atoms with Gasteiger partial charge in [-0.15, -0.1) is 0 Å². The third-order valence-corrected chi connectivity index (χ3v) is 5.73. The van der Waals surface area contributed by atoms with E-state index in [0.29, 0.717) is 17.3 Å². The highest BCUT2D eigenvalue weighted by molar-refractivity contribution is 8.00. The molecule has 0 atom stereocenters. The van der Waals surface area contributed by atoms with E-state index in [4.69, 9.17) is 0 Å². The summed E-state index contributed by atoms with van der Waals surface area (Å²) in [5.74, 6) is -0.581. The van der Waals surface area contributed by atoms with E-state index >= 15 is 0 Å². The van der Waals surface area contributed by atoms with Crippen molar-refractivity contribution in [3.63, 3.8) is 0 Å². The van der Waals surface area contributed by atoms with Gasteiger partial charge in [0.2, 0.25) is 5.91 Å². The van der Waals surface area contributed by atoms with E-state index in [2.05, 4.69) is 15.3 Å². The molecule has 0 saturated carbocycles. The number of nitrogens with zero attached hydrogens (tertiary/aromatic N) is 3. The second-order valence-electron chi connectivity index (χ2n) is 6.77. The van der Waals surface area contributed by atoms with Crippen LogP contribution in [0.2, 0.25) is 0 Å². The number of benzene rings is 1. The van der Waals surface area contributed by atoms with Crippen molar-refractivity contribution in [3.8, 4) is 0 Å². The van der Waals surface area contributed by atoms with Crippen LogP contribution in [0.4, 0.5) is 10.1 Å². The van der Waals surface area contributed by atoms with Crippen molar-refractivity contribution >= 4 is 23.4 Å². The minimum Gasteiger partial charge on any atom is -0.325 e. The lowest BCUT2D eigenvalue weighted by Crippen LogP contribution is -2.28. The maximum atomic E-state index is 13.2. The van der Waals surface area contributed by atoms with E-state index in [1.165, 1.54) is 30.0 Å². The van der Waals surface area contributed by atoms with Gasteiger partial charge < -0.3 is 5.32 Å². The van der Waals surface area contributed by atoms with Crippen molar-refractivity contribution in [1.82, 2.24) is 14.5 Å². The maximum Gasteiger partial charge on any atom is 0.349 e. The Morgan fingerprint density at radius 1 is 1.24 bits per heavy atom. The van der Waals surface area contributed by atoms with Crippen LogP contribution in [0, 0.1) is 5.82 Å². The number of rotatable bonds is 6. The van der Waals surface area contributed by atoms with Gasteiger partial charge in [-0.1, -0.05) is 23.9 Å². The Bertz CT molecular complexity index is 1100. The minimum absolute atomic E-state index is 0.0992. The summed E-state index contributed by atoms with van der Waals surface area (Å²) in [6, 6.07) is 9.52. The molecule has 6 nitrogen and oxygen atoms in total. The van der Waals surface area contributed by atoms with Gasteiger partial charge in [0.1, 0.15) is 10.8 Å². The first-order valence-electron chi connectivity index (χ1n) is 9.30. The molecule has 2 aromatic heterocycles. The Balaban J connectivity index is 1.50. The number of hydrogen-bond acceptors (Lipinski definition) is 5. The number of nitrogens with one attached hydrogen (secondary N) is 1. The lowest BCUT2D eigenvalue weighted by Gasteiger charge is -2.14. The molecule has 0 fully saturated rings. The van der Waals surface area contributed by atoms with Crippen LogP contribution in [0.15, 0.2) is 58.6 Å². The number of pyridine rings is 1. The zero-order valence-electron chi connectivity index (χ0n) is 15.6. The number of carbonyl (C=O) groups is 1. The molecule has 1 aliphatic rings. The van der Waals surface area contributed by atoms with E-state index in [-0.39, 0.29) is 17.3 Å².